The lowest BCUT2D eigenvalue weighted by Gasteiger charge is -2.17. The van der Waals surface area contributed by atoms with E-state index in [1.807, 2.05) is 19.1 Å². The summed E-state index contributed by atoms with van der Waals surface area (Å²) in [5, 5.41) is 8.58. The molecule has 0 unspecified atom stereocenters. The molecule has 0 aromatic heterocycles. The van der Waals surface area contributed by atoms with Gasteiger partial charge in [0.05, 0.1) is 11.0 Å². The summed E-state index contributed by atoms with van der Waals surface area (Å²) in [6, 6.07) is 8.54. The second-order valence-corrected chi connectivity index (χ2v) is 5.34. The van der Waals surface area contributed by atoms with E-state index in [-0.39, 0.29) is 11.4 Å². The van der Waals surface area contributed by atoms with Crippen LogP contribution in [0, 0.1) is 18.3 Å². The van der Waals surface area contributed by atoms with Gasteiger partial charge in [0.1, 0.15) is 6.54 Å². The van der Waals surface area contributed by atoms with Crippen LogP contribution in [0.2, 0.25) is 0 Å². The molecule has 0 fully saturated rings. The summed E-state index contributed by atoms with van der Waals surface area (Å²) in [5.74, 6) is 0. The molecule has 5 heteroatoms. The van der Waals surface area contributed by atoms with E-state index in [9.17, 15) is 8.42 Å². The third-order valence-electron chi connectivity index (χ3n) is 2.23. The molecule has 0 aliphatic heterocycles. The fraction of sp³-hybridized carbons (Fsp3) is 0.364. The molecule has 0 saturated heterocycles. The summed E-state index contributed by atoms with van der Waals surface area (Å²) in [6.45, 7) is 3.72. The summed E-state index contributed by atoms with van der Waals surface area (Å²) in [5.41, 5.74) is 0.883. The molecule has 1 aromatic carbocycles. The van der Waals surface area contributed by atoms with Crippen molar-refractivity contribution >= 4 is 10.0 Å². The Balaban J connectivity index is 3.16. The van der Waals surface area contributed by atoms with Gasteiger partial charge < -0.3 is 0 Å². The van der Waals surface area contributed by atoms with Crippen molar-refractivity contribution in [2.24, 2.45) is 0 Å². The average Bonchev–Trinajstić information content (AvgIpc) is 2.25. The highest BCUT2D eigenvalue weighted by atomic mass is 32.2. The predicted molar refractivity (Wildman–Crippen MR) is 61.2 cm³/mol. The number of sulfonamides is 1. The van der Waals surface area contributed by atoms with Gasteiger partial charge in [-0.2, -0.15) is 9.57 Å². The first-order chi connectivity index (χ1) is 7.52. The van der Waals surface area contributed by atoms with E-state index in [2.05, 4.69) is 0 Å². The molecule has 0 saturated carbocycles. The van der Waals surface area contributed by atoms with E-state index in [1.165, 1.54) is 0 Å². The van der Waals surface area contributed by atoms with Crippen molar-refractivity contribution in [2.45, 2.75) is 18.7 Å². The maximum absolute atomic E-state index is 12.1. The predicted octanol–water partition coefficient (Wildman–Crippen LogP) is 1.53. The second kappa shape index (κ2) is 5.10. The third-order valence-corrected chi connectivity index (χ3v) is 4.14. The topological polar surface area (TPSA) is 61.2 Å². The van der Waals surface area contributed by atoms with E-state index in [0.717, 1.165) is 9.87 Å². The van der Waals surface area contributed by atoms with Crippen molar-refractivity contribution in [3.05, 3.63) is 29.8 Å². The SMILES string of the molecule is CCN(CC#N)S(=O)(=O)c1cccc(C)c1. The van der Waals surface area contributed by atoms with Gasteiger partial charge in [-0.15, -0.1) is 0 Å². The standard InChI is InChI=1S/C11H14N2O2S/c1-3-13(8-7-12)16(14,15)11-6-4-5-10(2)9-11/h4-6,9H,3,8H2,1-2H3. The highest BCUT2D eigenvalue weighted by Crippen LogP contribution is 2.16. The number of nitriles is 1. The number of hydrogen-bond donors (Lipinski definition) is 0. The van der Waals surface area contributed by atoms with Gasteiger partial charge in [-0.3, -0.25) is 0 Å². The first kappa shape index (κ1) is 12.7. The Morgan fingerprint density at radius 2 is 2.12 bits per heavy atom. The van der Waals surface area contributed by atoms with E-state index >= 15 is 0 Å². The number of benzene rings is 1. The first-order valence-corrected chi connectivity index (χ1v) is 6.40. The van der Waals surface area contributed by atoms with Gasteiger partial charge in [0.15, 0.2) is 0 Å². The van der Waals surface area contributed by atoms with Crippen LogP contribution >= 0.6 is 0 Å². The molecule has 0 heterocycles. The lowest BCUT2D eigenvalue weighted by Crippen LogP contribution is -2.31. The molecule has 0 bridgehead atoms. The van der Waals surface area contributed by atoms with Crippen LogP contribution in [0.1, 0.15) is 12.5 Å². The Kier molecular flexibility index (Phi) is 4.05. The van der Waals surface area contributed by atoms with Crippen molar-refractivity contribution in [1.82, 2.24) is 4.31 Å². The normalized spacial score (nSPS) is 11.4. The van der Waals surface area contributed by atoms with Crippen LogP contribution in [0.3, 0.4) is 0 Å². The Bertz CT molecular complexity index is 503. The van der Waals surface area contributed by atoms with Crippen molar-refractivity contribution in [2.75, 3.05) is 13.1 Å². The average molecular weight is 238 g/mol. The van der Waals surface area contributed by atoms with Crippen molar-refractivity contribution in [1.29, 1.82) is 5.26 Å². The van der Waals surface area contributed by atoms with Gasteiger partial charge in [0.25, 0.3) is 0 Å². The minimum Gasteiger partial charge on any atom is -0.207 e. The summed E-state index contributed by atoms with van der Waals surface area (Å²) < 4.78 is 25.3. The van der Waals surface area contributed by atoms with Crippen molar-refractivity contribution in [3.63, 3.8) is 0 Å². The minimum atomic E-state index is -3.52. The molecule has 0 aliphatic rings. The van der Waals surface area contributed by atoms with Gasteiger partial charge in [-0.05, 0) is 24.6 Å². The van der Waals surface area contributed by atoms with Crippen LogP contribution in [0.25, 0.3) is 0 Å². The Morgan fingerprint density at radius 1 is 1.44 bits per heavy atom. The first-order valence-electron chi connectivity index (χ1n) is 4.96. The number of rotatable bonds is 4. The molecular formula is C11H14N2O2S. The fourth-order valence-electron chi connectivity index (χ4n) is 1.37. The molecule has 0 amide bonds. The van der Waals surface area contributed by atoms with Crippen LogP contribution < -0.4 is 0 Å². The van der Waals surface area contributed by atoms with Crippen LogP contribution in [-0.2, 0) is 10.0 Å². The van der Waals surface area contributed by atoms with Crippen LogP contribution in [0.5, 0.6) is 0 Å². The molecule has 0 atom stereocenters. The Morgan fingerprint density at radius 3 is 2.62 bits per heavy atom. The zero-order valence-corrected chi connectivity index (χ0v) is 10.2. The summed E-state index contributed by atoms with van der Waals surface area (Å²) in [6.07, 6.45) is 0. The maximum atomic E-state index is 12.1. The van der Waals surface area contributed by atoms with Crippen LogP contribution in [0.4, 0.5) is 0 Å². The largest absolute Gasteiger partial charge is 0.244 e. The van der Waals surface area contributed by atoms with Crippen molar-refractivity contribution < 1.29 is 8.42 Å². The smallest absolute Gasteiger partial charge is 0.207 e. The van der Waals surface area contributed by atoms with Gasteiger partial charge in [-0.25, -0.2) is 8.42 Å². The molecule has 1 rings (SSSR count). The summed E-state index contributed by atoms with van der Waals surface area (Å²) in [7, 11) is -3.52. The van der Waals surface area contributed by atoms with Crippen LogP contribution in [-0.4, -0.2) is 25.8 Å². The molecule has 4 nitrogen and oxygen atoms in total. The monoisotopic (exact) mass is 238 g/mol. The van der Waals surface area contributed by atoms with E-state index in [1.54, 1.807) is 25.1 Å². The fourth-order valence-corrected chi connectivity index (χ4v) is 2.82. The molecule has 0 aliphatic carbocycles. The zero-order valence-electron chi connectivity index (χ0n) is 9.34. The third kappa shape index (κ3) is 2.60. The van der Waals surface area contributed by atoms with Gasteiger partial charge in [-0.1, -0.05) is 19.1 Å². The molecule has 0 spiro atoms. The molecule has 1 aromatic rings. The quantitative estimate of drug-likeness (QED) is 0.747. The maximum Gasteiger partial charge on any atom is 0.244 e. The molecule has 86 valence electrons. The van der Waals surface area contributed by atoms with E-state index in [0.29, 0.717) is 6.54 Å². The number of hydrogen-bond acceptors (Lipinski definition) is 3. The molecule has 0 N–H and O–H groups in total. The van der Waals surface area contributed by atoms with E-state index < -0.39 is 10.0 Å². The molecular weight excluding hydrogens is 224 g/mol. The van der Waals surface area contributed by atoms with Crippen molar-refractivity contribution in [3.8, 4) is 6.07 Å². The second-order valence-electron chi connectivity index (χ2n) is 3.41. The molecule has 16 heavy (non-hydrogen) atoms. The van der Waals surface area contributed by atoms with Gasteiger partial charge in [0.2, 0.25) is 10.0 Å². The lowest BCUT2D eigenvalue weighted by atomic mass is 10.2. The summed E-state index contributed by atoms with van der Waals surface area (Å²) >= 11 is 0. The number of nitrogens with zero attached hydrogens (tertiary/aromatic N) is 2. The number of aryl methyl sites for hydroxylation is 1. The summed E-state index contributed by atoms with van der Waals surface area (Å²) in [4.78, 5) is 0.240. The molecule has 0 radical (unpaired) electrons. The zero-order chi connectivity index (χ0) is 12.2. The Hall–Kier alpha value is -1.38. The van der Waals surface area contributed by atoms with Gasteiger partial charge in [0, 0.05) is 6.54 Å². The van der Waals surface area contributed by atoms with E-state index in [4.69, 9.17) is 5.26 Å². The van der Waals surface area contributed by atoms with Crippen LogP contribution in [0.15, 0.2) is 29.2 Å². The lowest BCUT2D eigenvalue weighted by molar-refractivity contribution is 0.462. The van der Waals surface area contributed by atoms with Gasteiger partial charge >= 0.3 is 0 Å². The minimum absolute atomic E-state index is 0.118. The Labute approximate surface area is 96.2 Å². The highest BCUT2D eigenvalue weighted by molar-refractivity contribution is 7.89. The highest BCUT2D eigenvalue weighted by Gasteiger charge is 2.22.